The number of hydrogen-bond donors (Lipinski definition) is 4. The number of aromatic hydroxyl groups is 1. The van der Waals surface area contributed by atoms with Crippen molar-refractivity contribution in [2.45, 2.75) is 57.7 Å². The molecule has 5 N–H and O–H groups in total. The summed E-state index contributed by atoms with van der Waals surface area (Å²) >= 11 is 2.24. The lowest BCUT2D eigenvalue weighted by atomic mass is 9.95. The number of hydrogen-bond acceptors (Lipinski definition) is 7. The fourth-order valence-corrected chi connectivity index (χ4v) is 4.43. The Labute approximate surface area is 189 Å². The van der Waals surface area contributed by atoms with Gasteiger partial charge in [-0.3, -0.25) is 0 Å². The first-order chi connectivity index (χ1) is 14.5. The van der Waals surface area contributed by atoms with E-state index in [2.05, 4.69) is 47.8 Å². The van der Waals surface area contributed by atoms with Gasteiger partial charge in [-0.05, 0) is 60.6 Å². The van der Waals surface area contributed by atoms with Crippen molar-refractivity contribution in [3.05, 3.63) is 33.7 Å². The molecule has 0 saturated heterocycles. The molecule has 1 aliphatic rings. The molecule has 0 bridgehead atoms. The van der Waals surface area contributed by atoms with Gasteiger partial charge in [0.25, 0.3) is 0 Å². The molecule has 0 amide bonds. The maximum absolute atomic E-state index is 10.2. The molecular weight excluding hydrogens is 493 g/mol. The van der Waals surface area contributed by atoms with Crippen LogP contribution < -0.4 is 16.4 Å². The van der Waals surface area contributed by atoms with Crippen molar-refractivity contribution in [3.8, 4) is 5.75 Å². The van der Waals surface area contributed by atoms with Crippen LogP contribution in [0, 0.1) is 3.57 Å². The second-order valence-corrected chi connectivity index (χ2v) is 9.24. The van der Waals surface area contributed by atoms with E-state index < -0.39 is 0 Å². The third-order valence-corrected chi connectivity index (χ3v) is 6.13. The molecule has 30 heavy (non-hydrogen) atoms. The molecule has 0 aliphatic heterocycles. The highest BCUT2D eigenvalue weighted by Gasteiger charge is 2.21. The van der Waals surface area contributed by atoms with Crippen LogP contribution >= 0.6 is 22.6 Å². The Morgan fingerprint density at radius 1 is 1.23 bits per heavy atom. The summed E-state index contributed by atoms with van der Waals surface area (Å²) in [6.45, 7) is 2.97. The summed E-state index contributed by atoms with van der Waals surface area (Å²) in [4.78, 5) is 14.1. The molecule has 9 heteroatoms. The van der Waals surface area contributed by atoms with Crippen LogP contribution in [0.5, 0.6) is 5.75 Å². The molecule has 1 aromatic carbocycles. The molecule has 1 unspecified atom stereocenters. The molecule has 0 spiro atoms. The quantitative estimate of drug-likeness (QED) is 0.348. The van der Waals surface area contributed by atoms with Crippen molar-refractivity contribution >= 4 is 45.5 Å². The Balaban J connectivity index is 1.67. The summed E-state index contributed by atoms with van der Waals surface area (Å²) < 4.78 is 3.26. The van der Waals surface area contributed by atoms with Crippen molar-refractivity contribution < 1.29 is 5.11 Å². The largest absolute Gasteiger partial charge is 0.508 e. The highest BCUT2D eigenvalue weighted by atomic mass is 127. The molecule has 2 aromatic heterocycles. The summed E-state index contributed by atoms with van der Waals surface area (Å²) in [5.41, 5.74) is 8.29. The Hall–Kier alpha value is -2.14. The molecule has 1 aliphatic carbocycles. The second kappa shape index (κ2) is 9.34. The van der Waals surface area contributed by atoms with Gasteiger partial charge in [-0.25, -0.2) is 4.98 Å². The highest BCUT2D eigenvalue weighted by molar-refractivity contribution is 14.1. The summed E-state index contributed by atoms with van der Waals surface area (Å²) in [7, 11) is 0. The lowest BCUT2D eigenvalue weighted by Crippen LogP contribution is -2.26. The summed E-state index contributed by atoms with van der Waals surface area (Å²) in [5, 5.41) is 16.8. The minimum atomic E-state index is -0.00713. The van der Waals surface area contributed by atoms with Crippen molar-refractivity contribution in [1.82, 2.24) is 19.5 Å². The number of nitrogens with one attached hydrogen (secondary N) is 2. The van der Waals surface area contributed by atoms with E-state index in [4.69, 9.17) is 10.7 Å². The molecule has 1 atom stereocenters. The predicted molar refractivity (Wildman–Crippen MR) is 128 cm³/mol. The third kappa shape index (κ3) is 4.77. The topological polar surface area (TPSA) is 114 Å². The molecule has 4 rings (SSSR count). The van der Waals surface area contributed by atoms with Gasteiger partial charge in [0, 0.05) is 34.3 Å². The van der Waals surface area contributed by atoms with Gasteiger partial charge in [-0.2, -0.15) is 9.97 Å². The average Bonchev–Trinajstić information content (AvgIpc) is 3.17. The maximum Gasteiger partial charge on any atom is 0.226 e. The van der Waals surface area contributed by atoms with Crippen LogP contribution in [0.2, 0.25) is 0 Å². The Kier molecular flexibility index (Phi) is 6.57. The predicted octanol–water partition coefficient (Wildman–Crippen LogP) is 4.01. The first kappa shape index (κ1) is 21.1. The van der Waals surface area contributed by atoms with Gasteiger partial charge in [-0.15, -0.1) is 0 Å². The van der Waals surface area contributed by atoms with Crippen molar-refractivity contribution in [2.75, 3.05) is 17.2 Å². The van der Waals surface area contributed by atoms with E-state index in [1.165, 1.54) is 19.3 Å². The van der Waals surface area contributed by atoms with Crippen LogP contribution in [0.1, 0.15) is 50.6 Å². The lowest BCUT2D eigenvalue weighted by molar-refractivity contribution is 0.358. The van der Waals surface area contributed by atoms with E-state index in [-0.39, 0.29) is 11.8 Å². The minimum absolute atomic E-state index is 0.00713. The first-order valence-electron chi connectivity index (χ1n) is 10.5. The number of fused-ring (bicyclic) bond motifs is 1. The third-order valence-electron chi connectivity index (χ3n) is 5.46. The molecule has 2 heterocycles. The molecule has 1 saturated carbocycles. The van der Waals surface area contributed by atoms with Crippen LogP contribution in [-0.2, 0) is 6.54 Å². The van der Waals surface area contributed by atoms with E-state index >= 15 is 0 Å². The normalized spacial score (nSPS) is 16.0. The molecule has 3 aromatic rings. The molecule has 8 nitrogen and oxygen atoms in total. The van der Waals surface area contributed by atoms with Crippen molar-refractivity contribution in [3.63, 3.8) is 0 Å². The number of imidazole rings is 1. The van der Waals surface area contributed by atoms with E-state index in [1.807, 2.05) is 25.4 Å². The van der Waals surface area contributed by atoms with Crippen LogP contribution in [0.15, 0.2) is 24.5 Å². The smallest absolute Gasteiger partial charge is 0.226 e. The summed E-state index contributed by atoms with van der Waals surface area (Å²) in [6.07, 6.45) is 7.96. The SMILES string of the molecule is CC(N)CNc1nc(NCc2cc(I)ccc2O)c2ncn(C3CCCCC3)c2n1. The number of benzene rings is 1. The molecule has 1 fully saturated rings. The van der Waals surface area contributed by atoms with E-state index in [9.17, 15) is 5.11 Å². The van der Waals surface area contributed by atoms with Gasteiger partial charge in [-0.1, -0.05) is 19.3 Å². The number of phenols is 1. The van der Waals surface area contributed by atoms with Gasteiger partial charge in [0.1, 0.15) is 5.75 Å². The monoisotopic (exact) mass is 521 g/mol. The maximum atomic E-state index is 10.2. The van der Waals surface area contributed by atoms with Crippen LogP contribution in [0.4, 0.5) is 11.8 Å². The fourth-order valence-electron chi connectivity index (χ4n) is 3.87. The zero-order chi connectivity index (χ0) is 21.1. The van der Waals surface area contributed by atoms with Crippen LogP contribution in [-0.4, -0.2) is 37.2 Å². The summed E-state index contributed by atoms with van der Waals surface area (Å²) in [6, 6.07) is 5.96. The number of aromatic nitrogens is 4. The lowest BCUT2D eigenvalue weighted by Gasteiger charge is -2.23. The number of halogens is 1. The van der Waals surface area contributed by atoms with Gasteiger partial charge >= 0.3 is 0 Å². The number of phenolic OH excluding ortho intramolecular Hbond substituents is 1. The fraction of sp³-hybridized carbons (Fsp3) is 0.476. The van der Waals surface area contributed by atoms with E-state index in [0.717, 1.165) is 33.1 Å². The van der Waals surface area contributed by atoms with Gasteiger partial charge in [0.2, 0.25) is 5.95 Å². The van der Waals surface area contributed by atoms with Crippen LogP contribution in [0.3, 0.4) is 0 Å². The average molecular weight is 521 g/mol. The van der Waals surface area contributed by atoms with Gasteiger partial charge < -0.3 is 26.0 Å². The highest BCUT2D eigenvalue weighted by Crippen LogP contribution is 2.32. The number of nitrogens with zero attached hydrogens (tertiary/aromatic N) is 4. The van der Waals surface area contributed by atoms with E-state index in [1.54, 1.807) is 6.07 Å². The van der Waals surface area contributed by atoms with Gasteiger partial charge in [0.05, 0.1) is 6.33 Å². The van der Waals surface area contributed by atoms with Crippen molar-refractivity contribution in [2.24, 2.45) is 5.73 Å². The number of rotatable bonds is 7. The van der Waals surface area contributed by atoms with Crippen LogP contribution in [0.25, 0.3) is 11.2 Å². The standard InChI is InChI=1S/C21H28IN7O/c1-13(23)10-25-21-27-19(24-11-14-9-15(22)7-8-17(14)30)18-20(28-21)29(12-26-18)16-5-3-2-4-6-16/h7-9,12-13,16,30H,2-6,10-11,23H2,1H3,(H2,24,25,27,28). The zero-order valence-corrected chi connectivity index (χ0v) is 19.3. The molecule has 160 valence electrons. The van der Waals surface area contributed by atoms with Gasteiger partial charge in [0.15, 0.2) is 17.0 Å². The Morgan fingerprint density at radius 3 is 2.80 bits per heavy atom. The zero-order valence-electron chi connectivity index (χ0n) is 17.1. The number of anilines is 2. The first-order valence-corrected chi connectivity index (χ1v) is 11.5. The molecular formula is C21H28IN7O. The molecule has 0 radical (unpaired) electrons. The Morgan fingerprint density at radius 2 is 2.03 bits per heavy atom. The summed E-state index contributed by atoms with van der Waals surface area (Å²) in [5.74, 6) is 1.45. The van der Waals surface area contributed by atoms with Crippen molar-refractivity contribution in [1.29, 1.82) is 0 Å². The van der Waals surface area contributed by atoms with E-state index in [0.29, 0.717) is 30.9 Å². The Bertz CT molecular complexity index is 1010. The number of nitrogens with two attached hydrogens (primary N) is 1. The second-order valence-electron chi connectivity index (χ2n) is 8.00. The minimum Gasteiger partial charge on any atom is -0.508 e.